The summed E-state index contributed by atoms with van der Waals surface area (Å²) in [6, 6.07) is 8.07. The number of hydrogen-bond acceptors (Lipinski definition) is 3. The van der Waals surface area contributed by atoms with Crippen molar-refractivity contribution in [3.8, 4) is 0 Å². The lowest BCUT2D eigenvalue weighted by atomic mass is 10.0. The number of carbonyl (C=O) groups is 1. The largest absolute Gasteiger partial charge is 0.368 e. The molecule has 0 bridgehead atoms. The summed E-state index contributed by atoms with van der Waals surface area (Å²) >= 11 is 0. The minimum atomic E-state index is -0.250. The predicted octanol–water partition coefficient (Wildman–Crippen LogP) is 2.22. The second-order valence-corrected chi connectivity index (χ2v) is 5.23. The monoisotopic (exact) mass is 261 g/mol. The van der Waals surface area contributed by atoms with Crippen LogP contribution in [-0.4, -0.2) is 43.0 Å². The average Bonchev–Trinajstić information content (AvgIpc) is 2.42. The Morgan fingerprint density at radius 1 is 1.42 bits per heavy atom. The Kier molecular flexibility index (Phi) is 5.11. The van der Waals surface area contributed by atoms with Crippen LogP contribution in [0, 0.1) is 6.92 Å². The molecule has 0 saturated carbocycles. The van der Waals surface area contributed by atoms with Gasteiger partial charge in [0.05, 0.1) is 6.61 Å². The Hall–Kier alpha value is -1.19. The number of Topliss-reactive ketones (excluding diaryl/α,β-unsaturated/α-hetero) is 1. The Morgan fingerprint density at radius 3 is 2.95 bits per heavy atom. The van der Waals surface area contributed by atoms with E-state index < -0.39 is 0 Å². The van der Waals surface area contributed by atoms with Gasteiger partial charge in [-0.15, -0.1) is 0 Å². The number of hydrogen-bond donors (Lipinski definition) is 0. The molecule has 1 aromatic rings. The summed E-state index contributed by atoms with van der Waals surface area (Å²) in [5.74, 6) is 0.204. The Balaban J connectivity index is 1.94. The van der Waals surface area contributed by atoms with Crippen LogP contribution in [0.2, 0.25) is 0 Å². The second-order valence-electron chi connectivity index (χ2n) is 5.23. The van der Waals surface area contributed by atoms with Crippen LogP contribution in [-0.2, 0) is 16.0 Å². The zero-order valence-corrected chi connectivity index (χ0v) is 11.9. The minimum Gasteiger partial charge on any atom is -0.368 e. The standard InChI is InChI=1S/C16H23NO2/c1-3-8-17-9-10-19-16(12-17)15(18)11-14-7-5-4-6-13(14)2/h4-7,16H,3,8-12H2,1-2H3. The second kappa shape index (κ2) is 6.83. The summed E-state index contributed by atoms with van der Waals surface area (Å²) in [5.41, 5.74) is 2.29. The van der Waals surface area contributed by atoms with E-state index in [1.807, 2.05) is 31.2 Å². The third kappa shape index (κ3) is 3.88. The quantitative estimate of drug-likeness (QED) is 0.814. The smallest absolute Gasteiger partial charge is 0.167 e. The maximum atomic E-state index is 12.3. The van der Waals surface area contributed by atoms with Crippen LogP contribution < -0.4 is 0 Å². The molecule has 0 radical (unpaired) electrons. The van der Waals surface area contributed by atoms with Crippen molar-refractivity contribution in [2.24, 2.45) is 0 Å². The fourth-order valence-electron chi connectivity index (χ4n) is 2.53. The number of ether oxygens (including phenoxy) is 1. The van der Waals surface area contributed by atoms with E-state index in [-0.39, 0.29) is 11.9 Å². The van der Waals surface area contributed by atoms with E-state index in [1.165, 1.54) is 5.56 Å². The zero-order chi connectivity index (χ0) is 13.7. The van der Waals surface area contributed by atoms with Gasteiger partial charge in [0.2, 0.25) is 0 Å². The molecule has 0 aliphatic carbocycles. The van der Waals surface area contributed by atoms with Gasteiger partial charge in [-0.3, -0.25) is 9.69 Å². The van der Waals surface area contributed by atoms with E-state index in [2.05, 4.69) is 11.8 Å². The van der Waals surface area contributed by atoms with Crippen molar-refractivity contribution < 1.29 is 9.53 Å². The first kappa shape index (κ1) is 14.2. The van der Waals surface area contributed by atoms with Crippen LogP contribution in [0.4, 0.5) is 0 Å². The van der Waals surface area contributed by atoms with Gasteiger partial charge in [0.15, 0.2) is 5.78 Å². The summed E-state index contributed by atoms with van der Waals surface area (Å²) in [6.45, 7) is 7.63. The van der Waals surface area contributed by atoms with Crippen LogP contribution in [0.1, 0.15) is 24.5 Å². The van der Waals surface area contributed by atoms with Gasteiger partial charge in [-0.2, -0.15) is 0 Å². The molecule has 1 saturated heterocycles. The van der Waals surface area contributed by atoms with E-state index in [0.717, 1.165) is 31.6 Å². The Labute approximate surface area is 115 Å². The number of aryl methyl sites for hydroxylation is 1. The third-order valence-electron chi connectivity index (χ3n) is 3.68. The van der Waals surface area contributed by atoms with Gasteiger partial charge in [0.25, 0.3) is 0 Å². The molecule has 3 heteroatoms. The van der Waals surface area contributed by atoms with Gasteiger partial charge >= 0.3 is 0 Å². The van der Waals surface area contributed by atoms with Gasteiger partial charge in [-0.25, -0.2) is 0 Å². The van der Waals surface area contributed by atoms with E-state index >= 15 is 0 Å². The highest BCUT2D eigenvalue weighted by Crippen LogP contribution is 2.13. The number of carbonyl (C=O) groups excluding carboxylic acids is 1. The van der Waals surface area contributed by atoms with Crippen LogP contribution in [0.15, 0.2) is 24.3 Å². The number of benzene rings is 1. The molecule has 104 valence electrons. The number of rotatable bonds is 5. The molecule has 1 aromatic carbocycles. The van der Waals surface area contributed by atoms with Crippen LogP contribution in [0.3, 0.4) is 0 Å². The molecule has 1 fully saturated rings. The number of morpholine rings is 1. The SMILES string of the molecule is CCCN1CCOC(C(=O)Cc2ccccc2C)C1. The van der Waals surface area contributed by atoms with Crippen molar-refractivity contribution in [1.29, 1.82) is 0 Å². The highest BCUT2D eigenvalue weighted by molar-refractivity contribution is 5.85. The molecule has 0 aromatic heterocycles. The summed E-state index contributed by atoms with van der Waals surface area (Å²) in [5, 5.41) is 0. The maximum Gasteiger partial charge on any atom is 0.167 e. The van der Waals surface area contributed by atoms with Gasteiger partial charge in [-0.1, -0.05) is 31.2 Å². The molecule has 1 aliphatic rings. The lowest BCUT2D eigenvalue weighted by Crippen LogP contribution is -2.46. The molecule has 1 atom stereocenters. The third-order valence-corrected chi connectivity index (χ3v) is 3.68. The van der Waals surface area contributed by atoms with Gasteiger partial charge < -0.3 is 4.74 Å². The maximum absolute atomic E-state index is 12.3. The van der Waals surface area contributed by atoms with Crippen molar-refractivity contribution >= 4 is 5.78 Å². The lowest BCUT2D eigenvalue weighted by molar-refractivity contribution is -0.135. The molecule has 1 aliphatic heterocycles. The van der Waals surface area contributed by atoms with Crippen molar-refractivity contribution in [3.05, 3.63) is 35.4 Å². The average molecular weight is 261 g/mol. The summed E-state index contributed by atoms with van der Waals surface area (Å²) in [6.07, 6.45) is 1.36. The van der Waals surface area contributed by atoms with Crippen molar-refractivity contribution in [3.63, 3.8) is 0 Å². The molecule has 1 unspecified atom stereocenters. The first-order chi connectivity index (χ1) is 9.20. The zero-order valence-electron chi connectivity index (χ0n) is 11.9. The number of nitrogens with zero attached hydrogens (tertiary/aromatic N) is 1. The van der Waals surface area contributed by atoms with Crippen LogP contribution in [0.5, 0.6) is 0 Å². The molecule has 1 heterocycles. The molecule has 2 rings (SSSR count). The molecule has 19 heavy (non-hydrogen) atoms. The summed E-state index contributed by atoms with van der Waals surface area (Å²) in [7, 11) is 0. The highest BCUT2D eigenvalue weighted by atomic mass is 16.5. The first-order valence-electron chi connectivity index (χ1n) is 7.12. The summed E-state index contributed by atoms with van der Waals surface area (Å²) < 4.78 is 5.64. The molecule has 0 amide bonds. The van der Waals surface area contributed by atoms with E-state index in [1.54, 1.807) is 0 Å². The Morgan fingerprint density at radius 2 is 2.21 bits per heavy atom. The molecule has 0 N–H and O–H groups in total. The van der Waals surface area contributed by atoms with Gasteiger partial charge in [0, 0.05) is 19.5 Å². The first-order valence-corrected chi connectivity index (χ1v) is 7.12. The van der Waals surface area contributed by atoms with Crippen molar-refractivity contribution in [1.82, 2.24) is 4.90 Å². The highest BCUT2D eigenvalue weighted by Gasteiger charge is 2.26. The minimum absolute atomic E-state index is 0.204. The molecular formula is C16H23NO2. The molecule has 3 nitrogen and oxygen atoms in total. The van der Waals surface area contributed by atoms with Crippen molar-refractivity contribution in [2.45, 2.75) is 32.8 Å². The van der Waals surface area contributed by atoms with E-state index in [4.69, 9.17) is 4.74 Å². The van der Waals surface area contributed by atoms with Gasteiger partial charge in [0.1, 0.15) is 6.10 Å². The molecular weight excluding hydrogens is 238 g/mol. The normalized spacial score (nSPS) is 20.4. The van der Waals surface area contributed by atoms with E-state index in [0.29, 0.717) is 13.0 Å². The van der Waals surface area contributed by atoms with Gasteiger partial charge in [-0.05, 0) is 31.0 Å². The Bertz CT molecular complexity index is 429. The fraction of sp³-hybridized carbons (Fsp3) is 0.562. The lowest BCUT2D eigenvalue weighted by Gasteiger charge is -2.31. The van der Waals surface area contributed by atoms with E-state index in [9.17, 15) is 4.79 Å². The number of ketones is 1. The topological polar surface area (TPSA) is 29.5 Å². The van der Waals surface area contributed by atoms with Crippen LogP contribution >= 0.6 is 0 Å². The van der Waals surface area contributed by atoms with Crippen LogP contribution in [0.25, 0.3) is 0 Å². The molecule has 0 spiro atoms. The summed E-state index contributed by atoms with van der Waals surface area (Å²) in [4.78, 5) is 14.6. The van der Waals surface area contributed by atoms with Crippen molar-refractivity contribution in [2.75, 3.05) is 26.2 Å². The predicted molar refractivity (Wildman–Crippen MR) is 76.4 cm³/mol. The fourth-order valence-corrected chi connectivity index (χ4v) is 2.53.